The topological polar surface area (TPSA) is 26.3 Å². The SMILES string of the molecule is CC(=O)O/C(=C\c1ccccc1Br)C(C)=C(C)C. The van der Waals surface area contributed by atoms with Gasteiger partial charge >= 0.3 is 5.97 Å². The van der Waals surface area contributed by atoms with Gasteiger partial charge in [-0.15, -0.1) is 0 Å². The zero-order valence-corrected chi connectivity index (χ0v) is 12.7. The van der Waals surface area contributed by atoms with Gasteiger partial charge in [0.1, 0.15) is 5.76 Å². The molecule has 0 saturated carbocycles. The number of esters is 1. The first-order valence-electron chi connectivity index (χ1n) is 5.71. The van der Waals surface area contributed by atoms with Crippen LogP contribution in [-0.2, 0) is 9.53 Å². The van der Waals surface area contributed by atoms with Crippen LogP contribution in [-0.4, -0.2) is 5.97 Å². The van der Waals surface area contributed by atoms with Crippen molar-refractivity contribution in [2.75, 3.05) is 0 Å². The largest absolute Gasteiger partial charge is 0.426 e. The maximum absolute atomic E-state index is 11.2. The Bertz CT molecular complexity index is 509. The zero-order valence-electron chi connectivity index (χ0n) is 11.1. The molecule has 96 valence electrons. The number of hydrogen-bond donors (Lipinski definition) is 0. The van der Waals surface area contributed by atoms with Crippen molar-refractivity contribution in [3.05, 3.63) is 51.2 Å². The van der Waals surface area contributed by atoms with Crippen molar-refractivity contribution in [3.8, 4) is 0 Å². The van der Waals surface area contributed by atoms with Crippen molar-refractivity contribution in [1.82, 2.24) is 0 Å². The fourth-order valence-electron chi connectivity index (χ4n) is 1.35. The molecule has 0 fully saturated rings. The summed E-state index contributed by atoms with van der Waals surface area (Å²) in [7, 11) is 0. The average molecular weight is 309 g/mol. The quantitative estimate of drug-likeness (QED) is 0.459. The monoisotopic (exact) mass is 308 g/mol. The first-order chi connectivity index (χ1) is 8.41. The molecular weight excluding hydrogens is 292 g/mol. The molecule has 0 bridgehead atoms. The molecule has 0 aliphatic heterocycles. The van der Waals surface area contributed by atoms with Gasteiger partial charge in [0.15, 0.2) is 0 Å². The lowest BCUT2D eigenvalue weighted by Gasteiger charge is -2.10. The number of halogens is 1. The normalized spacial score (nSPS) is 11.1. The molecule has 0 N–H and O–H groups in total. The number of carbonyl (C=O) groups excluding carboxylic acids is 1. The number of rotatable bonds is 3. The standard InChI is InChI=1S/C15H17BrO2/c1-10(2)11(3)15(18-12(4)17)9-13-7-5-6-8-14(13)16/h5-9H,1-4H3/b15-9-. The van der Waals surface area contributed by atoms with Crippen LogP contribution in [0.15, 0.2) is 45.6 Å². The molecule has 1 aromatic rings. The van der Waals surface area contributed by atoms with Gasteiger partial charge in [-0.1, -0.05) is 39.7 Å². The fourth-order valence-corrected chi connectivity index (χ4v) is 1.75. The van der Waals surface area contributed by atoms with E-state index in [0.29, 0.717) is 5.76 Å². The molecule has 2 nitrogen and oxygen atoms in total. The minimum Gasteiger partial charge on any atom is -0.426 e. The number of allylic oxidation sites excluding steroid dienone is 2. The van der Waals surface area contributed by atoms with E-state index in [2.05, 4.69) is 15.9 Å². The van der Waals surface area contributed by atoms with Crippen LogP contribution in [0.2, 0.25) is 0 Å². The van der Waals surface area contributed by atoms with Crippen LogP contribution in [0.4, 0.5) is 0 Å². The Balaban J connectivity index is 3.23. The van der Waals surface area contributed by atoms with Gasteiger partial charge in [-0.25, -0.2) is 0 Å². The molecule has 0 amide bonds. The summed E-state index contributed by atoms with van der Waals surface area (Å²) in [5.41, 5.74) is 3.07. The fraction of sp³-hybridized carbons (Fsp3) is 0.267. The van der Waals surface area contributed by atoms with E-state index in [1.54, 1.807) is 0 Å². The number of hydrogen-bond acceptors (Lipinski definition) is 2. The highest BCUT2D eigenvalue weighted by Gasteiger charge is 2.08. The summed E-state index contributed by atoms with van der Waals surface area (Å²) in [6.45, 7) is 7.34. The molecule has 1 aromatic carbocycles. The summed E-state index contributed by atoms with van der Waals surface area (Å²) >= 11 is 3.48. The zero-order chi connectivity index (χ0) is 13.7. The van der Waals surface area contributed by atoms with Crippen LogP contribution in [0.3, 0.4) is 0 Å². The second-order valence-corrected chi connectivity index (χ2v) is 5.10. The number of carbonyl (C=O) groups is 1. The highest BCUT2D eigenvalue weighted by atomic mass is 79.9. The third kappa shape index (κ3) is 4.15. The van der Waals surface area contributed by atoms with Gasteiger partial charge in [-0.05, 0) is 44.1 Å². The third-order valence-electron chi connectivity index (χ3n) is 2.57. The highest BCUT2D eigenvalue weighted by Crippen LogP contribution is 2.23. The molecule has 1 rings (SSSR count). The van der Waals surface area contributed by atoms with Crippen molar-refractivity contribution in [3.63, 3.8) is 0 Å². The molecule has 0 aliphatic rings. The van der Waals surface area contributed by atoms with Crippen LogP contribution in [0.5, 0.6) is 0 Å². The molecule has 0 radical (unpaired) electrons. The van der Waals surface area contributed by atoms with Gasteiger partial charge in [0, 0.05) is 11.4 Å². The minimum atomic E-state index is -0.311. The summed E-state index contributed by atoms with van der Waals surface area (Å²) in [5, 5.41) is 0. The Morgan fingerprint density at radius 3 is 2.28 bits per heavy atom. The van der Waals surface area contributed by atoms with Gasteiger partial charge in [-0.3, -0.25) is 4.79 Å². The molecule has 0 aliphatic carbocycles. The van der Waals surface area contributed by atoms with E-state index in [4.69, 9.17) is 4.74 Å². The molecule has 0 atom stereocenters. The van der Waals surface area contributed by atoms with E-state index in [0.717, 1.165) is 21.2 Å². The van der Waals surface area contributed by atoms with Crippen LogP contribution < -0.4 is 0 Å². The summed E-state index contributed by atoms with van der Waals surface area (Å²) in [6, 6.07) is 7.81. The smallest absolute Gasteiger partial charge is 0.308 e. The summed E-state index contributed by atoms with van der Waals surface area (Å²) in [5.74, 6) is 0.281. The second-order valence-electron chi connectivity index (χ2n) is 4.25. The third-order valence-corrected chi connectivity index (χ3v) is 3.29. The Kier molecular flexibility index (Phi) is 5.35. The van der Waals surface area contributed by atoms with Crippen molar-refractivity contribution < 1.29 is 9.53 Å². The van der Waals surface area contributed by atoms with Crippen molar-refractivity contribution in [2.45, 2.75) is 27.7 Å². The predicted molar refractivity (Wildman–Crippen MR) is 77.9 cm³/mol. The van der Waals surface area contributed by atoms with Crippen molar-refractivity contribution >= 4 is 28.0 Å². The molecular formula is C15H17BrO2. The van der Waals surface area contributed by atoms with Gasteiger partial charge in [0.2, 0.25) is 0 Å². The average Bonchev–Trinajstić information content (AvgIpc) is 2.29. The Morgan fingerprint density at radius 2 is 1.78 bits per heavy atom. The van der Waals surface area contributed by atoms with Gasteiger partial charge in [0.25, 0.3) is 0 Å². The maximum Gasteiger partial charge on any atom is 0.308 e. The summed E-state index contributed by atoms with van der Waals surface area (Å²) in [6.07, 6.45) is 1.87. The molecule has 18 heavy (non-hydrogen) atoms. The summed E-state index contributed by atoms with van der Waals surface area (Å²) < 4.78 is 6.24. The van der Waals surface area contributed by atoms with E-state index in [1.807, 2.05) is 51.1 Å². The molecule has 0 saturated heterocycles. The second kappa shape index (κ2) is 6.55. The van der Waals surface area contributed by atoms with Crippen LogP contribution in [0.25, 0.3) is 6.08 Å². The van der Waals surface area contributed by atoms with E-state index >= 15 is 0 Å². The number of benzene rings is 1. The van der Waals surface area contributed by atoms with Crippen molar-refractivity contribution in [1.29, 1.82) is 0 Å². The van der Waals surface area contributed by atoms with Gasteiger partial charge < -0.3 is 4.74 Å². The Hall–Kier alpha value is -1.35. The first kappa shape index (κ1) is 14.7. The minimum absolute atomic E-state index is 0.311. The highest BCUT2D eigenvalue weighted by molar-refractivity contribution is 9.10. The Morgan fingerprint density at radius 1 is 1.17 bits per heavy atom. The van der Waals surface area contributed by atoms with E-state index in [9.17, 15) is 4.79 Å². The van der Waals surface area contributed by atoms with Gasteiger partial charge in [0.05, 0.1) is 0 Å². The summed E-state index contributed by atoms with van der Waals surface area (Å²) in [4.78, 5) is 11.2. The molecule has 0 spiro atoms. The lowest BCUT2D eigenvalue weighted by atomic mass is 10.1. The molecule has 0 aromatic heterocycles. The Labute approximate surface area is 116 Å². The maximum atomic E-state index is 11.2. The van der Waals surface area contributed by atoms with Gasteiger partial charge in [-0.2, -0.15) is 0 Å². The van der Waals surface area contributed by atoms with E-state index < -0.39 is 0 Å². The number of ether oxygens (including phenoxy) is 1. The predicted octanol–water partition coefficient (Wildman–Crippen LogP) is 4.71. The lowest BCUT2D eigenvalue weighted by Crippen LogP contribution is -2.01. The van der Waals surface area contributed by atoms with E-state index in [1.165, 1.54) is 6.92 Å². The molecule has 0 unspecified atom stereocenters. The molecule has 3 heteroatoms. The van der Waals surface area contributed by atoms with Crippen molar-refractivity contribution in [2.24, 2.45) is 0 Å². The lowest BCUT2D eigenvalue weighted by molar-refractivity contribution is -0.136. The van der Waals surface area contributed by atoms with Crippen LogP contribution >= 0.6 is 15.9 Å². The van der Waals surface area contributed by atoms with Crippen LogP contribution in [0, 0.1) is 0 Å². The van der Waals surface area contributed by atoms with Crippen LogP contribution in [0.1, 0.15) is 33.3 Å². The molecule has 0 heterocycles. The first-order valence-corrected chi connectivity index (χ1v) is 6.50. The van der Waals surface area contributed by atoms with E-state index in [-0.39, 0.29) is 5.97 Å².